The molecule has 81 heavy (non-hydrogen) atoms. The molecule has 0 radical (unpaired) electrons. The van der Waals surface area contributed by atoms with Gasteiger partial charge in [-0.25, -0.2) is 0 Å². The highest BCUT2D eigenvalue weighted by molar-refractivity contribution is 5.76. The third-order valence-corrected chi connectivity index (χ3v) is 17.2. The van der Waals surface area contributed by atoms with Crippen molar-refractivity contribution in [1.82, 2.24) is 5.32 Å². The second-order valence-corrected chi connectivity index (χ2v) is 24.7. The summed E-state index contributed by atoms with van der Waals surface area (Å²) >= 11 is 0. The number of nitrogens with one attached hydrogen (secondary N) is 1. The fraction of sp³-hybridized carbons (Fsp3) is 0.955. The largest absolute Gasteiger partial charge is 0.394 e. The van der Waals surface area contributed by atoms with Gasteiger partial charge in [0.2, 0.25) is 5.91 Å². The maximum absolute atomic E-state index is 13.3. The number of aliphatic hydroxyl groups is 8. The lowest BCUT2D eigenvalue weighted by molar-refractivity contribution is -0.359. The Bertz CT molecular complexity index is 1410. The first-order valence-electron chi connectivity index (χ1n) is 34.4. The minimum Gasteiger partial charge on any atom is -0.394 e. The molecule has 14 nitrogen and oxygen atoms in total. The van der Waals surface area contributed by atoms with Gasteiger partial charge in [-0.2, -0.15) is 0 Å². The van der Waals surface area contributed by atoms with Crippen molar-refractivity contribution in [2.24, 2.45) is 0 Å². The van der Waals surface area contributed by atoms with Crippen LogP contribution in [-0.4, -0.2) is 140 Å². The number of allylic oxidation sites excluding steroid dienone is 1. The molecule has 0 spiro atoms. The third-order valence-electron chi connectivity index (χ3n) is 17.2. The van der Waals surface area contributed by atoms with Gasteiger partial charge in [0, 0.05) is 6.42 Å². The Morgan fingerprint density at radius 1 is 0.432 bits per heavy atom. The summed E-state index contributed by atoms with van der Waals surface area (Å²) in [5.41, 5.74) is 0. The number of hydrogen-bond acceptors (Lipinski definition) is 13. The summed E-state index contributed by atoms with van der Waals surface area (Å²) in [7, 11) is 0. The fourth-order valence-corrected chi connectivity index (χ4v) is 11.7. The summed E-state index contributed by atoms with van der Waals surface area (Å²) in [6.45, 7) is 2.86. The van der Waals surface area contributed by atoms with Crippen molar-refractivity contribution in [1.29, 1.82) is 0 Å². The molecule has 14 heteroatoms. The zero-order chi connectivity index (χ0) is 58.8. The van der Waals surface area contributed by atoms with Crippen LogP contribution in [0, 0.1) is 0 Å². The van der Waals surface area contributed by atoms with Crippen LogP contribution in [0.4, 0.5) is 0 Å². The van der Waals surface area contributed by atoms with Gasteiger partial charge < -0.3 is 65.1 Å². The summed E-state index contributed by atoms with van der Waals surface area (Å²) in [6.07, 6.45) is 46.9. The number of rotatable bonds is 57. The molecule has 12 atom stereocenters. The molecule has 0 aliphatic carbocycles. The Balaban J connectivity index is 1.69. The molecule has 12 unspecified atom stereocenters. The zero-order valence-corrected chi connectivity index (χ0v) is 52.1. The monoisotopic (exact) mass is 1160 g/mol. The SMILES string of the molecule is CCCCCCCCCCCCCCCCCCCCCCCCCCC/C=C/C(O)C(COC1OC(CO)C(OC2OC(CO)C(O)C(O)C2O)C(O)C1O)NC(=O)CCCCCCCCCCCCCCCCCCCCCC. The predicted octanol–water partition coefficient (Wildman–Crippen LogP) is 13.4. The third kappa shape index (κ3) is 37.8. The molecular formula is C67H129NO13. The van der Waals surface area contributed by atoms with Gasteiger partial charge in [-0.3, -0.25) is 4.79 Å². The molecule has 2 heterocycles. The molecular weight excluding hydrogens is 1030 g/mol. The number of unbranched alkanes of at least 4 members (excludes halogenated alkanes) is 44. The van der Waals surface area contributed by atoms with Gasteiger partial charge in [0.15, 0.2) is 12.6 Å². The Hall–Kier alpha value is -1.27. The molecule has 0 aromatic carbocycles. The summed E-state index contributed by atoms with van der Waals surface area (Å²) in [6, 6.07) is -0.911. The minimum atomic E-state index is -1.79. The Kier molecular flexibility index (Phi) is 49.6. The van der Waals surface area contributed by atoms with E-state index >= 15 is 0 Å². The average molecular weight is 1160 g/mol. The molecule has 0 saturated carbocycles. The maximum Gasteiger partial charge on any atom is 0.220 e. The quantitative estimate of drug-likeness (QED) is 0.0204. The Morgan fingerprint density at radius 3 is 1.14 bits per heavy atom. The average Bonchev–Trinajstić information content (AvgIpc) is 3.63. The maximum atomic E-state index is 13.3. The standard InChI is InChI=1S/C67H129NO13/c1-3-5-7-9-11-13-15-17-19-21-23-25-26-27-28-29-30-31-32-34-36-38-40-42-44-46-48-50-56(71)55(68-59(72)51-49-47-45-43-41-39-37-35-33-24-22-20-18-16-14-12-10-8-6-4-2)54-78-66-64(77)62(75)65(58(53-70)80-66)81-67-63(76)61(74)60(73)57(52-69)79-67/h48,50,55-58,60-67,69-71,73-77H,3-47,49,51-54H2,1-2H3,(H,68,72)/b50-48+. The van der Waals surface area contributed by atoms with E-state index in [4.69, 9.17) is 18.9 Å². The normalized spacial score (nSPS) is 24.1. The van der Waals surface area contributed by atoms with E-state index in [1.165, 1.54) is 250 Å². The van der Waals surface area contributed by atoms with Crippen molar-refractivity contribution in [2.45, 2.75) is 389 Å². The van der Waals surface area contributed by atoms with E-state index in [1.54, 1.807) is 6.08 Å². The summed E-state index contributed by atoms with van der Waals surface area (Å²) < 4.78 is 22.9. The van der Waals surface area contributed by atoms with E-state index in [0.717, 1.165) is 38.5 Å². The van der Waals surface area contributed by atoms with Crippen LogP contribution < -0.4 is 5.32 Å². The topological polar surface area (TPSA) is 228 Å². The van der Waals surface area contributed by atoms with Crippen molar-refractivity contribution in [3.63, 3.8) is 0 Å². The number of carbonyl (C=O) groups is 1. The minimum absolute atomic E-state index is 0.231. The van der Waals surface area contributed by atoms with Crippen LogP contribution >= 0.6 is 0 Å². The van der Waals surface area contributed by atoms with E-state index in [9.17, 15) is 45.6 Å². The molecule has 480 valence electrons. The molecule has 2 saturated heterocycles. The van der Waals surface area contributed by atoms with Gasteiger partial charge in [-0.1, -0.05) is 302 Å². The first-order valence-corrected chi connectivity index (χ1v) is 34.4. The van der Waals surface area contributed by atoms with E-state index in [-0.39, 0.29) is 18.9 Å². The smallest absolute Gasteiger partial charge is 0.220 e. The van der Waals surface area contributed by atoms with Crippen LogP contribution in [0.1, 0.15) is 316 Å². The van der Waals surface area contributed by atoms with Crippen LogP contribution in [-0.2, 0) is 23.7 Å². The molecule has 9 N–H and O–H groups in total. The number of aliphatic hydroxyl groups excluding tert-OH is 8. The molecule has 0 bridgehead atoms. The van der Waals surface area contributed by atoms with Crippen LogP contribution in [0.5, 0.6) is 0 Å². The van der Waals surface area contributed by atoms with E-state index in [0.29, 0.717) is 6.42 Å². The molecule has 0 aromatic heterocycles. The second kappa shape index (κ2) is 53.0. The Labute approximate surface area is 495 Å². The number of amides is 1. The zero-order valence-electron chi connectivity index (χ0n) is 52.1. The van der Waals surface area contributed by atoms with Gasteiger partial charge >= 0.3 is 0 Å². The second-order valence-electron chi connectivity index (χ2n) is 24.7. The van der Waals surface area contributed by atoms with Crippen molar-refractivity contribution >= 4 is 5.91 Å². The molecule has 2 rings (SSSR count). The van der Waals surface area contributed by atoms with E-state index in [1.807, 2.05) is 6.08 Å². The number of carbonyl (C=O) groups excluding carboxylic acids is 1. The van der Waals surface area contributed by atoms with Crippen molar-refractivity contribution in [3.05, 3.63) is 12.2 Å². The van der Waals surface area contributed by atoms with Crippen molar-refractivity contribution in [2.75, 3.05) is 19.8 Å². The van der Waals surface area contributed by atoms with Crippen LogP contribution in [0.2, 0.25) is 0 Å². The van der Waals surface area contributed by atoms with Crippen molar-refractivity contribution in [3.8, 4) is 0 Å². The van der Waals surface area contributed by atoms with Crippen LogP contribution in [0.15, 0.2) is 12.2 Å². The first kappa shape index (κ1) is 75.8. The highest BCUT2D eigenvalue weighted by atomic mass is 16.7. The van der Waals surface area contributed by atoms with Crippen LogP contribution in [0.3, 0.4) is 0 Å². The summed E-state index contributed by atoms with van der Waals surface area (Å²) in [4.78, 5) is 13.3. The lowest BCUT2D eigenvalue weighted by atomic mass is 9.97. The molecule has 2 aliphatic heterocycles. The molecule has 2 aliphatic rings. The summed E-state index contributed by atoms with van der Waals surface area (Å²) in [5, 5.41) is 87.4. The fourth-order valence-electron chi connectivity index (χ4n) is 11.7. The number of hydrogen-bond donors (Lipinski definition) is 9. The predicted molar refractivity (Wildman–Crippen MR) is 328 cm³/mol. The lowest BCUT2D eigenvalue weighted by Gasteiger charge is -2.46. The van der Waals surface area contributed by atoms with Crippen LogP contribution in [0.25, 0.3) is 0 Å². The van der Waals surface area contributed by atoms with Gasteiger partial charge in [0.25, 0.3) is 0 Å². The molecule has 0 aromatic rings. The highest BCUT2D eigenvalue weighted by Crippen LogP contribution is 2.30. The lowest BCUT2D eigenvalue weighted by Crippen LogP contribution is -2.65. The van der Waals surface area contributed by atoms with E-state index < -0.39 is 86.8 Å². The van der Waals surface area contributed by atoms with Gasteiger partial charge in [0.1, 0.15) is 48.8 Å². The van der Waals surface area contributed by atoms with Gasteiger partial charge in [-0.15, -0.1) is 0 Å². The van der Waals surface area contributed by atoms with Crippen molar-refractivity contribution < 1.29 is 64.6 Å². The Morgan fingerprint density at radius 2 is 0.765 bits per heavy atom. The van der Waals surface area contributed by atoms with E-state index in [2.05, 4.69) is 19.2 Å². The van der Waals surface area contributed by atoms with Gasteiger partial charge in [-0.05, 0) is 19.3 Å². The summed E-state index contributed by atoms with van der Waals surface area (Å²) in [5.74, 6) is -0.231. The highest BCUT2D eigenvalue weighted by Gasteiger charge is 2.51. The first-order chi connectivity index (χ1) is 39.6. The molecule has 1 amide bonds. The number of ether oxygens (including phenoxy) is 4. The van der Waals surface area contributed by atoms with Gasteiger partial charge in [0.05, 0.1) is 32.0 Å². The molecule has 2 fully saturated rings.